The molecule has 0 spiro atoms. The van der Waals surface area contributed by atoms with E-state index >= 15 is 0 Å². The van der Waals surface area contributed by atoms with Gasteiger partial charge >= 0.3 is 5.97 Å². The minimum absolute atomic E-state index is 0.0500. The molecule has 0 aliphatic carbocycles. The summed E-state index contributed by atoms with van der Waals surface area (Å²) in [5, 5.41) is 9.21. The quantitative estimate of drug-likeness (QED) is 0.541. The lowest BCUT2D eigenvalue weighted by atomic mass is 9.94. The summed E-state index contributed by atoms with van der Waals surface area (Å²) in [6, 6.07) is 7.33. The number of aromatic nitrogens is 1. The van der Waals surface area contributed by atoms with Gasteiger partial charge < -0.3 is 14.4 Å². The molecule has 1 aliphatic rings. The van der Waals surface area contributed by atoms with Gasteiger partial charge in [-0.05, 0) is 68.8 Å². The van der Waals surface area contributed by atoms with Crippen LogP contribution >= 0.6 is 0 Å². The Morgan fingerprint density at radius 2 is 2.03 bits per heavy atom. The van der Waals surface area contributed by atoms with Crippen LogP contribution in [0.3, 0.4) is 0 Å². The molecule has 3 rings (SSSR count). The van der Waals surface area contributed by atoms with Gasteiger partial charge in [0.25, 0.3) is 5.91 Å². The molecule has 1 unspecified atom stereocenters. The van der Waals surface area contributed by atoms with Gasteiger partial charge in [-0.1, -0.05) is 25.8 Å². The molecule has 1 amide bonds. The van der Waals surface area contributed by atoms with Crippen LogP contribution in [0.25, 0.3) is 0 Å². The maximum Gasteiger partial charge on any atom is 0.303 e. The van der Waals surface area contributed by atoms with E-state index in [1.807, 2.05) is 19.1 Å². The summed E-state index contributed by atoms with van der Waals surface area (Å²) in [5.74, 6) is 0.339. The van der Waals surface area contributed by atoms with E-state index in [9.17, 15) is 14.7 Å². The van der Waals surface area contributed by atoms with Gasteiger partial charge in [0, 0.05) is 31.7 Å². The lowest BCUT2D eigenvalue weighted by molar-refractivity contribution is -0.138. The number of furan rings is 1. The van der Waals surface area contributed by atoms with Gasteiger partial charge in [0.05, 0.1) is 6.26 Å². The smallest absolute Gasteiger partial charge is 0.303 e. The minimum Gasteiger partial charge on any atom is -0.481 e. The predicted molar refractivity (Wildman–Crippen MR) is 124 cm³/mol. The molecule has 1 saturated heterocycles. The third-order valence-corrected chi connectivity index (χ3v) is 6.30. The zero-order valence-electron chi connectivity index (χ0n) is 19.2. The number of aliphatic carboxylic acids is 1. The van der Waals surface area contributed by atoms with Gasteiger partial charge in [-0.15, -0.1) is 0 Å². The van der Waals surface area contributed by atoms with Gasteiger partial charge in [0.15, 0.2) is 5.76 Å². The number of nitrogens with zero attached hydrogens (tertiary/aromatic N) is 3. The highest BCUT2D eigenvalue weighted by Gasteiger charge is 2.32. The first-order chi connectivity index (χ1) is 15.5. The number of carbonyl (C=O) groups excluding carboxylic acids is 1. The highest BCUT2D eigenvalue weighted by Crippen LogP contribution is 2.26. The molecule has 2 aromatic heterocycles. The van der Waals surface area contributed by atoms with Crippen LogP contribution in [0.1, 0.15) is 68.0 Å². The molecule has 174 valence electrons. The fourth-order valence-electron chi connectivity index (χ4n) is 4.43. The average Bonchev–Trinajstić information content (AvgIpc) is 3.33. The molecule has 1 N–H and O–H groups in total. The maximum absolute atomic E-state index is 13.2. The monoisotopic (exact) mass is 441 g/mol. The summed E-state index contributed by atoms with van der Waals surface area (Å²) < 4.78 is 5.38. The van der Waals surface area contributed by atoms with Crippen molar-refractivity contribution in [2.45, 2.75) is 64.8 Å². The number of amides is 1. The fourth-order valence-corrected chi connectivity index (χ4v) is 4.43. The van der Waals surface area contributed by atoms with E-state index < -0.39 is 5.97 Å². The highest BCUT2D eigenvalue weighted by atomic mass is 16.4. The summed E-state index contributed by atoms with van der Waals surface area (Å²) in [7, 11) is 0. The second-order valence-electron chi connectivity index (χ2n) is 8.81. The van der Waals surface area contributed by atoms with Crippen LogP contribution in [0.2, 0.25) is 0 Å². The third kappa shape index (κ3) is 6.66. The summed E-state index contributed by atoms with van der Waals surface area (Å²) in [5.41, 5.74) is 1.05. The Kier molecular flexibility index (Phi) is 8.85. The molecule has 0 bridgehead atoms. The number of carbonyl (C=O) groups is 2. The number of hydrogen-bond donors (Lipinski definition) is 1. The van der Waals surface area contributed by atoms with Crippen molar-refractivity contribution in [3.63, 3.8) is 0 Å². The SMILES string of the molecule is CCCCC(CCN1CCC(N(C(=O)c2ccco2)c2ccc(C)cn2)CC1)CC(=O)O. The van der Waals surface area contributed by atoms with E-state index in [2.05, 4.69) is 16.8 Å². The molecule has 32 heavy (non-hydrogen) atoms. The van der Waals surface area contributed by atoms with Crippen LogP contribution in [-0.4, -0.2) is 52.5 Å². The van der Waals surface area contributed by atoms with Crippen molar-refractivity contribution in [1.82, 2.24) is 9.88 Å². The zero-order valence-corrected chi connectivity index (χ0v) is 19.2. The standard InChI is InChI=1S/C25H35N3O4/c1-3-4-6-20(17-24(29)30)10-13-27-14-11-21(12-15-27)28(23-9-8-19(2)18-26-23)25(31)22-7-5-16-32-22/h5,7-9,16,18,20-21H,3-4,6,10-15,17H2,1-2H3,(H,29,30). The molecular formula is C25H35N3O4. The van der Waals surface area contributed by atoms with Gasteiger partial charge in [-0.25, -0.2) is 4.98 Å². The van der Waals surface area contributed by atoms with Crippen LogP contribution in [0.5, 0.6) is 0 Å². The Balaban J connectivity index is 1.61. The average molecular weight is 442 g/mol. The summed E-state index contributed by atoms with van der Waals surface area (Å²) in [6.45, 7) is 6.79. The Morgan fingerprint density at radius 3 is 2.62 bits per heavy atom. The van der Waals surface area contributed by atoms with Crippen molar-refractivity contribution in [2.75, 3.05) is 24.5 Å². The predicted octanol–water partition coefficient (Wildman–Crippen LogP) is 4.77. The van der Waals surface area contributed by atoms with Crippen LogP contribution in [0.4, 0.5) is 5.82 Å². The first-order valence-electron chi connectivity index (χ1n) is 11.7. The number of anilines is 1. The second kappa shape index (κ2) is 11.8. The fraction of sp³-hybridized carbons (Fsp3) is 0.560. The van der Waals surface area contributed by atoms with Gasteiger partial charge in [0.2, 0.25) is 0 Å². The van der Waals surface area contributed by atoms with Crippen LogP contribution in [0, 0.1) is 12.8 Å². The normalized spacial score (nSPS) is 16.1. The number of carboxylic acids is 1. The van der Waals surface area contributed by atoms with Crippen molar-refractivity contribution in [2.24, 2.45) is 5.92 Å². The van der Waals surface area contributed by atoms with E-state index in [0.29, 0.717) is 11.6 Å². The Labute approximate surface area is 190 Å². The van der Waals surface area contributed by atoms with Crippen molar-refractivity contribution >= 4 is 17.7 Å². The molecule has 7 heteroatoms. The van der Waals surface area contributed by atoms with Crippen molar-refractivity contribution in [3.8, 4) is 0 Å². The van der Waals surface area contributed by atoms with Gasteiger partial charge in [-0.3, -0.25) is 14.5 Å². The summed E-state index contributed by atoms with van der Waals surface area (Å²) >= 11 is 0. The maximum atomic E-state index is 13.2. The largest absolute Gasteiger partial charge is 0.481 e. The highest BCUT2D eigenvalue weighted by molar-refractivity contribution is 6.04. The van der Waals surface area contributed by atoms with E-state index in [1.165, 1.54) is 6.26 Å². The lowest BCUT2D eigenvalue weighted by Gasteiger charge is -2.38. The van der Waals surface area contributed by atoms with Crippen LogP contribution < -0.4 is 4.90 Å². The third-order valence-electron chi connectivity index (χ3n) is 6.30. The number of hydrogen-bond acceptors (Lipinski definition) is 5. The Morgan fingerprint density at radius 1 is 1.25 bits per heavy atom. The van der Waals surface area contributed by atoms with Crippen molar-refractivity contribution in [1.29, 1.82) is 0 Å². The van der Waals surface area contributed by atoms with E-state index in [-0.39, 0.29) is 24.3 Å². The van der Waals surface area contributed by atoms with Crippen LogP contribution in [0.15, 0.2) is 41.1 Å². The second-order valence-corrected chi connectivity index (χ2v) is 8.81. The van der Waals surface area contributed by atoms with E-state index in [0.717, 1.165) is 63.7 Å². The minimum atomic E-state index is -0.706. The lowest BCUT2D eigenvalue weighted by Crippen LogP contribution is -2.48. The Hall–Kier alpha value is -2.67. The van der Waals surface area contributed by atoms with Crippen molar-refractivity contribution < 1.29 is 19.1 Å². The van der Waals surface area contributed by atoms with Gasteiger partial charge in [-0.2, -0.15) is 0 Å². The number of rotatable bonds is 11. The molecule has 1 fully saturated rings. The molecule has 1 aliphatic heterocycles. The number of pyridine rings is 1. The molecule has 0 saturated carbocycles. The molecule has 1 atom stereocenters. The molecule has 0 radical (unpaired) electrons. The van der Waals surface area contributed by atoms with Gasteiger partial charge in [0.1, 0.15) is 5.82 Å². The van der Waals surface area contributed by atoms with E-state index in [1.54, 1.807) is 23.2 Å². The first-order valence-corrected chi connectivity index (χ1v) is 11.7. The van der Waals surface area contributed by atoms with E-state index in [4.69, 9.17) is 4.42 Å². The molecule has 7 nitrogen and oxygen atoms in total. The number of likely N-dealkylation sites (tertiary alicyclic amines) is 1. The number of piperidine rings is 1. The zero-order chi connectivity index (χ0) is 22.9. The number of aryl methyl sites for hydroxylation is 1. The number of unbranched alkanes of at least 4 members (excludes halogenated alkanes) is 1. The summed E-state index contributed by atoms with van der Waals surface area (Å²) in [4.78, 5) is 33.1. The first kappa shape index (κ1) is 24.0. The molecule has 3 heterocycles. The van der Waals surface area contributed by atoms with Crippen LogP contribution in [-0.2, 0) is 4.79 Å². The summed E-state index contributed by atoms with van der Waals surface area (Å²) in [6.07, 6.45) is 9.30. The van der Waals surface area contributed by atoms with Crippen molar-refractivity contribution in [3.05, 3.63) is 48.0 Å². The molecular weight excluding hydrogens is 406 g/mol. The topological polar surface area (TPSA) is 86.9 Å². The molecule has 2 aromatic rings. The Bertz CT molecular complexity index is 843. The number of carboxylic acid groups (broad SMARTS) is 1. The molecule has 0 aromatic carbocycles.